The van der Waals surface area contributed by atoms with Gasteiger partial charge in [0.1, 0.15) is 11.6 Å². The van der Waals surface area contributed by atoms with Gasteiger partial charge >= 0.3 is 0 Å². The van der Waals surface area contributed by atoms with E-state index in [1.807, 2.05) is 24.3 Å². The lowest BCUT2D eigenvalue weighted by atomic mass is 9.99. The summed E-state index contributed by atoms with van der Waals surface area (Å²) in [6, 6.07) is 13.4. The molecule has 17 heavy (non-hydrogen) atoms. The number of nitrogens with two attached hydrogens (primary N) is 1. The summed E-state index contributed by atoms with van der Waals surface area (Å²) in [4.78, 5) is 0. The second-order valence-corrected chi connectivity index (χ2v) is 3.77. The van der Waals surface area contributed by atoms with Crippen molar-refractivity contribution < 1.29 is 9.13 Å². The third kappa shape index (κ3) is 2.45. The fraction of sp³-hybridized carbons (Fsp3) is 0.143. The molecule has 2 rings (SSSR count). The standard InChI is InChI=1S/C14H14FNO/c1-17-11-8-6-10(7-9-11)14(16)12-4-2-3-5-13(12)15/h2-9,14H,16H2,1H3. The lowest BCUT2D eigenvalue weighted by molar-refractivity contribution is 0.414. The summed E-state index contributed by atoms with van der Waals surface area (Å²) in [5.74, 6) is 0.477. The van der Waals surface area contributed by atoms with E-state index in [1.165, 1.54) is 6.07 Å². The van der Waals surface area contributed by atoms with Crippen molar-refractivity contribution in [1.82, 2.24) is 0 Å². The van der Waals surface area contributed by atoms with Crippen molar-refractivity contribution in [2.45, 2.75) is 6.04 Å². The van der Waals surface area contributed by atoms with Gasteiger partial charge in [-0.15, -0.1) is 0 Å². The van der Waals surface area contributed by atoms with Crippen LogP contribution in [0.15, 0.2) is 48.5 Å². The SMILES string of the molecule is COc1ccc(C(N)c2ccccc2F)cc1. The number of rotatable bonds is 3. The van der Waals surface area contributed by atoms with E-state index >= 15 is 0 Å². The van der Waals surface area contributed by atoms with Gasteiger partial charge in [0.15, 0.2) is 0 Å². The molecule has 3 heteroatoms. The van der Waals surface area contributed by atoms with E-state index in [2.05, 4.69) is 0 Å². The lowest BCUT2D eigenvalue weighted by Gasteiger charge is -2.13. The molecule has 0 saturated heterocycles. The van der Waals surface area contributed by atoms with Crippen LogP contribution in [0, 0.1) is 5.82 Å². The summed E-state index contributed by atoms with van der Waals surface area (Å²) in [5, 5.41) is 0. The zero-order chi connectivity index (χ0) is 12.3. The Morgan fingerprint density at radius 3 is 2.29 bits per heavy atom. The van der Waals surface area contributed by atoms with Crippen LogP contribution in [-0.2, 0) is 0 Å². The Balaban J connectivity index is 2.30. The zero-order valence-electron chi connectivity index (χ0n) is 9.56. The maximum Gasteiger partial charge on any atom is 0.128 e. The van der Waals surface area contributed by atoms with E-state index in [1.54, 1.807) is 25.3 Å². The molecule has 1 atom stereocenters. The highest BCUT2D eigenvalue weighted by atomic mass is 19.1. The van der Waals surface area contributed by atoms with Crippen LogP contribution >= 0.6 is 0 Å². The Morgan fingerprint density at radius 2 is 1.71 bits per heavy atom. The fourth-order valence-electron chi connectivity index (χ4n) is 1.72. The normalized spacial score (nSPS) is 12.2. The van der Waals surface area contributed by atoms with E-state index in [4.69, 9.17) is 10.5 Å². The first-order chi connectivity index (χ1) is 8.22. The molecule has 0 fully saturated rings. The maximum atomic E-state index is 13.6. The number of hydrogen-bond donors (Lipinski definition) is 1. The van der Waals surface area contributed by atoms with Crippen LogP contribution in [0.2, 0.25) is 0 Å². The molecule has 0 saturated carbocycles. The topological polar surface area (TPSA) is 35.2 Å². The number of halogens is 1. The van der Waals surface area contributed by atoms with Gasteiger partial charge in [0.2, 0.25) is 0 Å². The molecular weight excluding hydrogens is 217 g/mol. The summed E-state index contributed by atoms with van der Waals surface area (Å²) >= 11 is 0. The minimum Gasteiger partial charge on any atom is -0.497 e. The first-order valence-corrected chi connectivity index (χ1v) is 5.36. The van der Waals surface area contributed by atoms with Gasteiger partial charge in [0.25, 0.3) is 0 Å². The van der Waals surface area contributed by atoms with Crippen LogP contribution in [-0.4, -0.2) is 7.11 Å². The highest BCUT2D eigenvalue weighted by molar-refractivity contribution is 5.35. The minimum atomic E-state index is -0.456. The van der Waals surface area contributed by atoms with Crippen LogP contribution < -0.4 is 10.5 Å². The molecule has 0 spiro atoms. The van der Waals surface area contributed by atoms with Crippen molar-refractivity contribution in [2.75, 3.05) is 7.11 Å². The van der Waals surface area contributed by atoms with Gasteiger partial charge in [-0.2, -0.15) is 0 Å². The summed E-state index contributed by atoms with van der Waals surface area (Å²) in [6.45, 7) is 0. The number of hydrogen-bond acceptors (Lipinski definition) is 2. The molecule has 2 nitrogen and oxygen atoms in total. The van der Waals surface area contributed by atoms with Crippen molar-refractivity contribution in [3.8, 4) is 5.75 Å². The van der Waals surface area contributed by atoms with Gasteiger partial charge in [0, 0.05) is 5.56 Å². The van der Waals surface area contributed by atoms with Gasteiger partial charge in [0.05, 0.1) is 13.2 Å². The largest absolute Gasteiger partial charge is 0.497 e. The molecule has 0 aliphatic carbocycles. The van der Waals surface area contributed by atoms with Gasteiger partial charge < -0.3 is 10.5 Å². The zero-order valence-corrected chi connectivity index (χ0v) is 9.56. The molecule has 2 N–H and O–H groups in total. The predicted molar refractivity (Wildman–Crippen MR) is 65.4 cm³/mol. The minimum absolute atomic E-state index is 0.282. The van der Waals surface area contributed by atoms with Crippen LogP contribution in [0.25, 0.3) is 0 Å². The number of methoxy groups -OCH3 is 1. The van der Waals surface area contributed by atoms with Gasteiger partial charge in [-0.05, 0) is 23.8 Å². The van der Waals surface area contributed by atoms with Crippen LogP contribution in [0.5, 0.6) is 5.75 Å². The molecular formula is C14H14FNO. The highest BCUT2D eigenvalue weighted by Gasteiger charge is 2.12. The summed E-state index contributed by atoms with van der Waals surface area (Å²) in [6.07, 6.45) is 0. The average Bonchev–Trinajstić information content (AvgIpc) is 2.39. The maximum absolute atomic E-state index is 13.6. The average molecular weight is 231 g/mol. The molecule has 0 amide bonds. The summed E-state index contributed by atoms with van der Waals surface area (Å²) in [5.41, 5.74) is 7.38. The van der Waals surface area contributed by atoms with Crippen molar-refractivity contribution in [1.29, 1.82) is 0 Å². The van der Waals surface area contributed by atoms with Crippen molar-refractivity contribution >= 4 is 0 Å². The van der Waals surface area contributed by atoms with E-state index in [0.717, 1.165) is 11.3 Å². The Morgan fingerprint density at radius 1 is 1.06 bits per heavy atom. The second-order valence-electron chi connectivity index (χ2n) is 3.77. The Kier molecular flexibility index (Phi) is 3.40. The van der Waals surface area contributed by atoms with Crippen molar-refractivity contribution in [2.24, 2.45) is 5.73 Å². The second kappa shape index (κ2) is 4.97. The van der Waals surface area contributed by atoms with Crippen molar-refractivity contribution in [3.05, 3.63) is 65.5 Å². The van der Waals surface area contributed by atoms with E-state index in [0.29, 0.717) is 5.56 Å². The molecule has 2 aromatic rings. The Bertz CT molecular complexity index is 496. The van der Waals surface area contributed by atoms with Crippen LogP contribution in [0.3, 0.4) is 0 Å². The van der Waals surface area contributed by atoms with Crippen LogP contribution in [0.1, 0.15) is 17.2 Å². The Labute approximate surface area is 99.8 Å². The quantitative estimate of drug-likeness (QED) is 0.881. The molecule has 0 aromatic heterocycles. The van der Waals surface area contributed by atoms with Gasteiger partial charge in [-0.1, -0.05) is 30.3 Å². The Hall–Kier alpha value is -1.87. The first kappa shape index (κ1) is 11.6. The molecule has 88 valence electrons. The smallest absolute Gasteiger partial charge is 0.128 e. The van der Waals surface area contributed by atoms with Gasteiger partial charge in [-0.25, -0.2) is 4.39 Å². The van der Waals surface area contributed by atoms with Crippen LogP contribution in [0.4, 0.5) is 4.39 Å². The molecule has 0 aliphatic rings. The summed E-state index contributed by atoms with van der Waals surface area (Å²) < 4.78 is 18.6. The summed E-state index contributed by atoms with van der Waals surface area (Å²) in [7, 11) is 1.60. The molecule has 0 radical (unpaired) electrons. The molecule has 0 heterocycles. The lowest BCUT2D eigenvalue weighted by Crippen LogP contribution is -2.13. The van der Waals surface area contributed by atoms with E-state index in [-0.39, 0.29) is 5.82 Å². The molecule has 0 bridgehead atoms. The molecule has 1 unspecified atom stereocenters. The number of benzene rings is 2. The molecule has 2 aromatic carbocycles. The predicted octanol–water partition coefficient (Wildman–Crippen LogP) is 2.88. The van der Waals surface area contributed by atoms with E-state index in [9.17, 15) is 4.39 Å². The third-order valence-corrected chi connectivity index (χ3v) is 2.72. The number of ether oxygens (including phenoxy) is 1. The fourth-order valence-corrected chi connectivity index (χ4v) is 1.72. The van der Waals surface area contributed by atoms with Gasteiger partial charge in [-0.3, -0.25) is 0 Å². The monoisotopic (exact) mass is 231 g/mol. The van der Waals surface area contributed by atoms with Crippen molar-refractivity contribution in [3.63, 3.8) is 0 Å². The molecule has 0 aliphatic heterocycles. The van der Waals surface area contributed by atoms with E-state index < -0.39 is 6.04 Å². The first-order valence-electron chi connectivity index (χ1n) is 5.36. The third-order valence-electron chi connectivity index (χ3n) is 2.72. The highest BCUT2D eigenvalue weighted by Crippen LogP contribution is 2.23.